The Labute approximate surface area is 135 Å². The van der Waals surface area contributed by atoms with Crippen LogP contribution in [0.4, 0.5) is 0 Å². The van der Waals surface area contributed by atoms with Crippen molar-refractivity contribution in [3.63, 3.8) is 0 Å². The number of hydrogen-bond donors (Lipinski definition) is 1. The lowest BCUT2D eigenvalue weighted by Gasteiger charge is -2.11. The first-order chi connectivity index (χ1) is 9.41. The molecular weight excluding hydrogens is 342 g/mol. The third kappa shape index (κ3) is 3.04. The number of aliphatic carboxylic acids is 1. The van der Waals surface area contributed by atoms with Gasteiger partial charge in [0.2, 0.25) is 0 Å². The average Bonchev–Trinajstić information content (AvgIpc) is 2.39. The molecule has 0 saturated heterocycles. The van der Waals surface area contributed by atoms with E-state index in [0.717, 1.165) is 0 Å². The first kappa shape index (κ1) is 15.5. The topological polar surface area (TPSA) is 37.3 Å². The largest absolute Gasteiger partial charge is 0.481 e. The predicted octanol–water partition coefficient (Wildman–Crippen LogP) is 5.59. The molecule has 2 aromatic rings. The van der Waals surface area contributed by atoms with Crippen LogP contribution in [0.25, 0.3) is 11.1 Å². The molecule has 0 spiro atoms. The van der Waals surface area contributed by atoms with Crippen LogP contribution in [0.3, 0.4) is 0 Å². The van der Waals surface area contributed by atoms with Crippen LogP contribution in [0.15, 0.2) is 30.3 Å². The number of carbonyl (C=O) groups is 1. The molecule has 0 saturated carbocycles. The molecule has 0 aromatic heterocycles. The zero-order valence-electron chi connectivity index (χ0n) is 9.96. The lowest BCUT2D eigenvalue weighted by Crippen LogP contribution is -2.01. The lowest BCUT2D eigenvalue weighted by molar-refractivity contribution is -0.136. The van der Waals surface area contributed by atoms with Gasteiger partial charge in [0.1, 0.15) is 0 Å². The lowest BCUT2D eigenvalue weighted by atomic mass is 10.0. The molecule has 0 bridgehead atoms. The number of carboxylic acids is 1. The highest BCUT2D eigenvalue weighted by Gasteiger charge is 2.15. The molecule has 2 nitrogen and oxygen atoms in total. The number of halogens is 4. The zero-order valence-corrected chi connectivity index (χ0v) is 13.0. The van der Waals surface area contributed by atoms with E-state index in [1.165, 1.54) is 0 Å². The number of benzene rings is 2. The molecule has 0 heterocycles. The van der Waals surface area contributed by atoms with Crippen LogP contribution < -0.4 is 0 Å². The summed E-state index contributed by atoms with van der Waals surface area (Å²) in [6, 6.07) is 8.44. The number of carboxylic acid groups (broad SMARTS) is 1. The molecule has 104 valence electrons. The van der Waals surface area contributed by atoms with Crippen LogP contribution in [0.1, 0.15) is 5.56 Å². The molecular formula is C14H8Cl4O2. The van der Waals surface area contributed by atoms with Crippen LogP contribution in [0.5, 0.6) is 0 Å². The third-order valence-electron chi connectivity index (χ3n) is 2.75. The maximum Gasteiger partial charge on any atom is 0.307 e. The van der Waals surface area contributed by atoms with Gasteiger partial charge in [-0.1, -0.05) is 70.7 Å². The Morgan fingerprint density at radius 2 is 1.55 bits per heavy atom. The van der Waals surface area contributed by atoms with Gasteiger partial charge in [0.15, 0.2) is 0 Å². The molecule has 2 rings (SSSR count). The van der Waals surface area contributed by atoms with E-state index in [2.05, 4.69) is 0 Å². The van der Waals surface area contributed by atoms with Crippen molar-refractivity contribution >= 4 is 52.4 Å². The molecule has 0 aliphatic heterocycles. The van der Waals surface area contributed by atoms with E-state index >= 15 is 0 Å². The summed E-state index contributed by atoms with van der Waals surface area (Å²) < 4.78 is 0. The molecule has 6 heteroatoms. The van der Waals surface area contributed by atoms with Crippen molar-refractivity contribution < 1.29 is 9.90 Å². The van der Waals surface area contributed by atoms with E-state index in [-0.39, 0.29) is 16.5 Å². The smallest absolute Gasteiger partial charge is 0.307 e. The molecule has 20 heavy (non-hydrogen) atoms. The minimum absolute atomic E-state index is 0.161. The van der Waals surface area contributed by atoms with Crippen LogP contribution >= 0.6 is 46.4 Å². The SMILES string of the molecule is O=C(O)Cc1cccc(-c2ccc(Cl)c(Cl)c2Cl)c1Cl. The van der Waals surface area contributed by atoms with Crippen molar-refractivity contribution in [3.8, 4) is 11.1 Å². The van der Waals surface area contributed by atoms with Crippen LogP contribution in [-0.4, -0.2) is 11.1 Å². The maximum atomic E-state index is 10.8. The van der Waals surface area contributed by atoms with Crippen LogP contribution in [0.2, 0.25) is 20.1 Å². The second kappa shape index (κ2) is 6.23. The van der Waals surface area contributed by atoms with Gasteiger partial charge in [0, 0.05) is 11.1 Å². The van der Waals surface area contributed by atoms with Gasteiger partial charge in [-0.25, -0.2) is 0 Å². The Bertz CT molecular complexity index is 683. The van der Waals surface area contributed by atoms with Gasteiger partial charge >= 0.3 is 5.97 Å². The van der Waals surface area contributed by atoms with Crippen molar-refractivity contribution in [3.05, 3.63) is 56.0 Å². The fourth-order valence-corrected chi connectivity index (χ4v) is 2.75. The first-order valence-electron chi connectivity index (χ1n) is 5.55. The van der Waals surface area contributed by atoms with E-state index in [1.807, 2.05) is 0 Å². The summed E-state index contributed by atoms with van der Waals surface area (Å²) in [6.45, 7) is 0. The summed E-state index contributed by atoms with van der Waals surface area (Å²) >= 11 is 24.3. The summed E-state index contributed by atoms with van der Waals surface area (Å²) in [5, 5.41) is 10.1. The number of hydrogen-bond acceptors (Lipinski definition) is 1. The highest BCUT2D eigenvalue weighted by atomic mass is 35.5. The van der Waals surface area contributed by atoms with Gasteiger partial charge in [-0.3, -0.25) is 4.79 Å². The quantitative estimate of drug-likeness (QED) is 0.733. The van der Waals surface area contributed by atoms with E-state index in [1.54, 1.807) is 30.3 Å². The van der Waals surface area contributed by atoms with Gasteiger partial charge < -0.3 is 5.11 Å². The standard InChI is InChI=1S/C14H8Cl4O2/c15-10-5-4-9(13(17)14(10)18)8-3-1-2-7(12(8)16)6-11(19)20/h1-5H,6H2,(H,19,20). The Morgan fingerprint density at radius 3 is 2.20 bits per heavy atom. The monoisotopic (exact) mass is 348 g/mol. The molecule has 0 aliphatic rings. The average molecular weight is 350 g/mol. The maximum absolute atomic E-state index is 10.8. The molecule has 1 N–H and O–H groups in total. The predicted molar refractivity (Wildman–Crippen MR) is 83.3 cm³/mol. The fraction of sp³-hybridized carbons (Fsp3) is 0.0714. The van der Waals surface area contributed by atoms with Crippen LogP contribution in [0, 0.1) is 0 Å². The molecule has 0 unspecified atom stereocenters. The van der Waals surface area contributed by atoms with Crippen LogP contribution in [-0.2, 0) is 11.2 Å². The Morgan fingerprint density at radius 1 is 0.900 bits per heavy atom. The van der Waals surface area contributed by atoms with E-state index in [0.29, 0.717) is 26.7 Å². The van der Waals surface area contributed by atoms with E-state index in [9.17, 15) is 4.79 Å². The highest BCUT2D eigenvalue weighted by molar-refractivity contribution is 6.49. The van der Waals surface area contributed by atoms with E-state index < -0.39 is 5.97 Å². The van der Waals surface area contributed by atoms with Crippen molar-refractivity contribution in [2.24, 2.45) is 0 Å². The summed E-state index contributed by atoms with van der Waals surface area (Å²) in [5.74, 6) is -0.954. The fourth-order valence-electron chi connectivity index (χ4n) is 1.82. The van der Waals surface area contributed by atoms with Gasteiger partial charge in [-0.05, 0) is 11.6 Å². The molecule has 0 aliphatic carbocycles. The Hall–Kier alpha value is -0.930. The summed E-state index contributed by atoms with van der Waals surface area (Å²) in [5.41, 5.74) is 1.74. The van der Waals surface area contributed by atoms with Crippen molar-refractivity contribution in [2.75, 3.05) is 0 Å². The molecule has 0 radical (unpaired) electrons. The summed E-state index contributed by atoms with van der Waals surface area (Å²) in [6.07, 6.45) is -0.161. The minimum Gasteiger partial charge on any atom is -0.481 e. The minimum atomic E-state index is -0.954. The van der Waals surface area contributed by atoms with Gasteiger partial charge in [-0.15, -0.1) is 0 Å². The molecule has 0 amide bonds. The first-order valence-corrected chi connectivity index (χ1v) is 7.06. The van der Waals surface area contributed by atoms with Gasteiger partial charge in [0.05, 0.1) is 26.5 Å². The highest BCUT2D eigenvalue weighted by Crippen LogP contribution is 2.41. The Kier molecular flexibility index (Phi) is 4.82. The number of rotatable bonds is 3. The van der Waals surface area contributed by atoms with Crippen molar-refractivity contribution in [2.45, 2.75) is 6.42 Å². The molecule has 2 aromatic carbocycles. The second-order valence-electron chi connectivity index (χ2n) is 4.07. The van der Waals surface area contributed by atoms with Gasteiger partial charge in [-0.2, -0.15) is 0 Å². The summed E-state index contributed by atoms with van der Waals surface area (Å²) in [4.78, 5) is 10.8. The van der Waals surface area contributed by atoms with Crippen molar-refractivity contribution in [1.29, 1.82) is 0 Å². The van der Waals surface area contributed by atoms with Gasteiger partial charge in [0.25, 0.3) is 0 Å². The normalized spacial score (nSPS) is 10.6. The second-order valence-corrected chi connectivity index (χ2v) is 5.61. The third-order valence-corrected chi connectivity index (χ3v) is 4.49. The molecule has 0 atom stereocenters. The Balaban J connectivity index is 2.59. The zero-order chi connectivity index (χ0) is 14.9. The summed E-state index contributed by atoms with van der Waals surface area (Å²) in [7, 11) is 0. The molecule has 0 fully saturated rings. The van der Waals surface area contributed by atoms with E-state index in [4.69, 9.17) is 51.5 Å². The van der Waals surface area contributed by atoms with Crippen molar-refractivity contribution in [1.82, 2.24) is 0 Å².